The van der Waals surface area contributed by atoms with E-state index in [2.05, 4.69) is 13.8 Å². The molecule has 0 fully saturated rings. The fraction of sp³-hybridized carbons (Fsp3) is 0.943. The highest BCUT2D eigenvalue weighted by Gasteiger charge is 2.35. The highest BCUT2D eigenvalue weighted by atomic mass is 31.2. The summed E-state index contributed by atoms with van der Waals surface area (Å²) < 4.78 is 28.0. The molecule has 2 N–H and O–H groups in total. The van der Waals surface area contributed by atoms with Crippen LogP contribution in [-0.4, -0.2) is 41.5 Å². The summed E-state index contributed by atoms with van der Waals surface area (Å²) in [6.07, 6.45) is 29.4. The van der Waals surface area contributed by atoms with E-state index in [9.17, 15) is 19.3 Å². The van der Waals surface area contributed by atoms with Gasteiger partial charge in [-0.25, -0.2) is 4.57 Å². The molecule has 0 bridgehead atoms. The Morgan fingerprint density at radius 2 is 0.795 bits per heavy atom. The van der Waals surface area contributed by atoms with Crippen LogP contribution in [0, 0.1) is 0 Å². The second-order valence-corrected chi connectivity index (χ2v) is 14.0. The van der Waals surface area contributed by atoms with Crippen molar-refractivity contribution < 1.29 is 37.9 Å². The molecule has 44 heavy (non-hydrogen) atoms. The zero-order valence-electron chi connectivity index (χ0n) is 28.6. The van der Waals surface area contributed by atoms with E-state index in [4.69, 9.17) is 18.7 Å². The summed E-state index contributed by atoms with van der Waals surface area (Å²) in [5.74, 6) is -1.52. The Balaban J connectivity index is 4.11. The summed E-state index contributed by atoms with van der Waals surface area (Å²) >= 11 is 0. The predicted octanol–water partition coefficient (Wildman–Crippen LogP) is 10.5. The summed E-state index contributed by atoms with van der Waals surface area (Å²) in [5.41, 5.74) is 0. The first kappa shape index (κ1) is 43.0. The molecule has 0 radical (unpaired) electrons. The van der Waals surface area contributed by atoms with Crippen molar-refractivity contribution in [1.29, 1.82) is 0 Å². The van der Waals surface area contributed by atoms with Crippen LogP contribution in [0.1, 0.15) is 194 Å². The summed E-state index contributed by atoms with van der Waals surface area (Å²) in [5, 5.41) is 18.6. The van der Waals surface area contributed by atoms with Gasteiger partial charge in [-0.1, -0.05) is 168 Å². The molecule has 9 heteroatoms. The molecule has 262 valence electrons. The molecule has 0 rings (SSSR count). The van der Waals surface area contributed by atoms with Gasteiger partial charge in [0.15, 0.2) is 0 Å². The minimum atomic E-state index is -4.54. The number of unbranched alkanes of at least 4 members (excludes halogenated alkanes) is 24. The average Bonchev–Trinajstić information content (AvgIpc) is 3.00. The molecule has 0 aliphatic carbocycles. The molecule has 0 aliphatic heterocycles. The highest BCUT2D eigenvalue weighted by Crippen LogP contribution is 2.50. The SMILES string of the molecule is CCCCCCCCCCCCCCCC(=O)OP(=O)(OCC(O)CO)OC(=O)CCCCCCCCCCCCCCC. The first-order chi connectivity index (χ1) is 21.4. The highest BCUT2D eigenvalue weighted by molar-refractivity contribution is 7.49. The van der Waals surface area contributed by atoms with Gasteiger partial charge < -0.3 is 19.3 Å². The monoisotopic (exact) mass is 648 g/mol. The summed E-state index contributed by atoms with van der Waals surface area (Å²) in [6.45, 7) is 3.27. The maximum absolute atomic E-state index is 13.0. The lowest BCUT2D eigenvalue weighted by atomic mass is 10.0. The van der Waals surface area contributed by atoms with Crippen molar-refractivity contribution in [2.24, 2.45) is 0 Å². The molecule has 0 heterocycles. The minimum absolute atomic E-state index is 0.0457. The van der Waals surface area contributed by atoms with Gasteiger partial charge in [-0.3, -0.25) is 14.1 Å². The van der Waals surface area contributed by atoms with E-state index in [-0.39, 0.29) is 12.8 Å². The van der Waals surface area contributed by atoms with Gasteiger partial charge in [0.05, 0.1) is 13.2 Å². The topological polar surface area (TPSA) is 119 Å². The number of carbonyl (C=O) groups is 2. The lowest BCUT2D eigenvalue weighted by Gasteiger charge is -2.18. The van der Waals surface area contributed by atoms with Crippen molar-refractivity contribution >= 4 is 19.8 Å². The van der Waals surface area contributed by atoms with Crippen molar-refractivity contribution in [2.75, 3.05) is 13.2 Å². The van der Waals surface area contributed by atoms with E-state index < -0.39 is 39.1 Å². The smallest absolute Gasteiger partial charge is 0.394 e. The minimum Gasteiger partial charge on any atom is -0.394 e. The van der Waals surface area contributed by atoms with Crippen LogP contribution in [0.2, 0.25) is 0 Å². The van der Waals surface area contributed by atoms with E-state index >= 15 is 0 Å². The summed E-state index contributed by atoms with van der Waals surface area (Å²) in [7, 11) is -4.54. The Labute approximate surface area is 270 Å². The van der Waals surface area contributed by atoms with Gasteiger partial charge in [0.1, 0.15) is 6.10 Å². The molecule has 0 aromatic heterocycles. The van der Waals surface area contributed by atoms with Crippen molar-refractivity contribution in [3.05, 3.63) is 0 Å². The molecule has 0 aromatic carbocycles. The standard InChI is InChI=1S/C35H69O8P/c1-3-5-7-9-11-13-15-17-19-21-23-25-27-29-34(38)42-44(40,41-32-33(37)31-36)43-35(39)30-28-26-24-22-20-18-16-14-12-10-8-6-4-2/h33,36-37H,3-32H2,1-2H3. The molecular weight excluding hydrogens is 579 g/mol. The molecule has 0 aliphatic rings. The number of hydrogen-bond donors (Lipinski definition) is 2. The first-order valence-electron chi connectivity index (χ1n) is 18.3. The fourth-order valence-electron chi connectivity index (χ4n) is 5.22. The Bertz CT molecular complexity index is 654. The average molecular weight is 649 g/mol. The van der Waals surface area contributed by atoms with Crippen molar-refractivity contribution in [2.45, 2.75) is 200 Å². The van der Waals surface area contributed by atoms with Gasteiger partial charge in [-0.15, -0.1) is 0 Å². The third-order valence-electron chi connectivity index (χ3n) is 8.03. The van der Waals surface area contributed by atoms with Gasteiger partial charge in [0.25, 0.3) is 0 Å². The fourth-order valence-corrected chi connectivity index (χ4v) is 6.39. The zero-order valence-corrected chi connectivity index (χ0v) is 29.5. The number of phosphoric acid groups is 1. The van der Waals surface area contributed by atoms with Crippen LogP contribution in [0.25, 0.3) is 0 Å². The van der Waals surface area contributed by atoms with Crippen molar-refractivity contribution in [3.63, 3.8) is 0 Å². The summed E-state index contributed by atoms with van der Waals surface area (Å²) in [6, 6.07) is 0. The zero-order chi connectivity index (χ0) is 32.6. The molecule has 0 saturated heterocycles. The van der Waals surface area contributed by atoms with Crippen LogP contribution in [0.15, 0.2) is 0 Å². The number of aliphatic hydroxyl groups is 2. The molecule has 1 atom stereocenters. The van der Waals surface area contributed by atoms with Crippen molar-refractivity contribution in [1.82, 2.24) is 0 Å². The Kier molecular flexibility index (Phi) is 31.3. The molecule has 0 spiro atoms. The number of rotatable bonds is 34. The normalized spacial score (nSPS) is 12.4. The molecule has 0 amide bonds. The van der Waals surface area contributed by atoms with Crippen LogP contribution in [0.3, 0.4) is 0 Å². The van der Waals surface area contributed by atoms with Gasteiger partial charge in [-0.2, -0.15) is 0 Å². The largest absolute Gasteiger partial charge is 0.592 e. The third-order valence-corrected chi connectivity index (χ3v) is 9.35. The van der Waals surface area contributed by atoms with E-state index in [1.807, 2.05) is 0 Å². The van der Waals surface area contributed by atoms with Gasteiger partial charge in [0.2, 0.25) is 0 Å². The lowest BCUT2D eigenvalue weighted by molar-refractivity contribution is -0.141. The van der Waals surface area contributed by atoms with Gasteiger partial charge >= 0.3 is 19.8 Å². The molecule has 0 saturated carbocycles. The van der Waals surface area contributed by atoms with E-state index in [1.165, 1.54) is 116 Å². The van der Waals surface area contributed by atoms with Gasteiger partial charge in [0, 0.05) is 12.8 Å². The maximum atomic E-state index is 13.0. The van der Waals surface area contributed by atoms with Crippen molar-refractivity contribution in [3.8, 4) is 0 Å². The van der Waals surface area contributed by atoms with Crippen LogP contribution >= 0.6 is 7.82 Å². The van der Waals surface area contributed by atoms with Crippen LogP contribution in [0.5, 0.6) is 0 Å². The van der Waals surface area contributed by atoms with Crippen LogP contribution in [0.4, 0.5) is 0 Å². The number of phosphoric ester groups is 1. The summed E-state index contributed by atoms with van der Waals surface area (Å²) in [4.78, 5) is 24.7. The number of carbonyl (C=O) groups excluding carboxylic acids is 2. The number of hydrogen-bond acceptors (Lipinski definition) is 8. The number of aliphatic hydroxyl groups excluding tert-OH is 2. The molecule has 8 nitrogen and oxygen atoms in total. The van der Waals surface area contributed by atoms with Gasteiger partial charge in [-0.05, 0) is 12.8 Å². The molecule has 1 unspecified atom stereocenters. The Morgan fingerprint density at radius 1 is 0.523 bits per heavy atom. The maximum Gasteiger partial charge on any atom is 0.592 e. The second-order valence-electron chi connectivity index (χ2n) is 12.5. The lowest BCUT2D eigenvalue weighted by Crippen LogP contribution is -2.20. The van der Waals surface area contributed by atoms with Crippen LogP contribution < -0.4 is 0 Å². The molecular formula is C35H69O8P. The quantitative estimate of drug-likeness (QED) is 0.0522. The Hall–Kier alpha value is -0.950. The Morgan fingerprint density at radius 3 is 1.07 bits per heavy atom. The first-order valence-corrected chi connectivity index (χ1v) is 19.8. The molecule has 0 aromatic rings. The van der Waals surface area contributed by atoms with E-state index in [0.29, 0.717) is 12.8 Å². The van der Waals surface area contributed by atoms with E-state index in [1.54, 1.807) is 0 Å². The van der Waals surface area contributed by atoms with E-state index in [0.717, 1.165) is 38.5 Å². The third kappa shape index (κ3) is 29.7. The predicted molar refractivity (Wildman–Crippen MR) is 179 cm³/mol. The van der Waals surface area contributed by atoms with Crippen LogP contribution in [-0.2, 0) is 27.7 Å². The second kappa shape index (κ2) is 32.0.